The monoisotopic (exact) mass is 492 g/mol. The molecule has 192 valence electrons. The number of ether oxygens (including phenoxy) is 1. The zero-order valence-electron chi connectivity index (χ0n) is 21.4. The molecule has 1 aromatic rings. The molecule has 0 bridgehead atoms. The third-order valence-corrected chi connectivity index (χ3v) is 9.64. The summed E-state index contributed by atoms with van der Waals surface area (Å²) < 4.78 is 5.40. The van der Waals surface area contributed by atoms with Crippen LogP contribution in [0.2, 0.25) is 0 Å². The Kier molecular flexibility index (Phi) is 8.54. The summed E-state index contributed by atoms with van der Waals surface area (Å²) in [5.74, 6) is 0.195. The van der Waals surface area contributed by atoms with Gasteiger partial charge in [0.25, 0.3) is 0 Å². The predicted molar refractivity (Wildman–Crippen MR) is 137 cm³/mol. The molecule has 1 aliphatic heterocycles. The first-order valence-corrected chi connectivity index (χ1v) is 14.1. The highest BCUT2D eigenvalue weighted by Crippen LogP contribution is 2.57. The molecule has 2 heterocycles. The summed E-state index contributed by atoms with van der Waals surface area (Å²) in [7, 11) is 0. The van der Waals surface area contributed by atoms with Crippen LogP contribution in [0.25, 0.3) is 0 Å². The average molecular weight is 493 g/mol. The van der Waals surface area contributed by atoms with Crippen molar-refractivity contribution in [2.45, 2.75) is 71.8 Å². The van der Waals surface area contributed by atoms with Crippen LogP contribution in [0.1, 0.15) is 69.9 Å². The number of aliphatic hydroxyl groups is 1. The van der Waals surface area contributed by atoms with Gasteiger partial charge in [-0.25, -0.2) is 4.98 Å². The number of fused-ring (bicyclic) bond motifs is 2. The van der Waals surface area contributed by atoms with E-state index in [1.807, 2.05) is 6.92 Å². The Morgan fingerprint density at radius 3 is 2.85 bits per heavy atom. The number of anilines is 1. The van der Waals surface area contributed by atoms with Crippen LogP contribution in [-0.4, -0.2) is 72.9 Å². The molecule has 2 fully saturated rings. The topological polar surface area (TPSA) is 86.7 Å². The predicted octanol–water partition coefficient (Wildman–Crippen LogP) is 3.49. The lowest BCUT2D eigenvalue weighted by Crippen LogP contribution is -2.53. The van der Waals surface area contributed by atoms with Crippen LogP contribution in [0.15, 0.2) is 0 Å². The molecule has 34 heavy (non-hydrogen) atoms. The number of amides is 1. The molecule has 6 unspecified atom stereocenters. The van der Waals surface area contributed by atoms with Gasteiger partial charge in [-0.2, -0.15) is 0 Å². The zero-order valence-corrected chi connectivity index (χ0v) is 22.3. The number of aliphatic hydroxyl groups excluding tert-OH is 1. The molecule has 6 atom stereocenters. The summed E-state index contributed by atoms with van der Waals surface area (Å²) >= 11 is 1.80. The second kappa shape index (κ2) is 11.2. The maximum atomic E-state index is 13.0. The number of hydrogen-bond acceptors (Lipinski definition) is 7. The number of nitrogens with zero attached hydrogens (tertiary/aromatic N) is 2. The maximum absolute atomic E-state index is 13.0. The van der Waals surface area contributed by atoms with Crippen molar-refractivity contribution in [3.63, 3.8) is 0 Å². The van der Waals surface area contributed by atoms with E-state index in [0.29, 0.717) is 6.54 Å². The largest absolute Gasteiger partial charge is 0.392 e. The van der Waals surface area contributed by atoms with Crippen molar-refractivity contribution >= 4 is 22.4 Å². The molecule has 4 rings (SSSR count). The van der Waals surface area contributed by atoms with Crippen LogP contribution >= 0.6 is 11.3 Å². The first-order valence-electron chi connectivity index (χ1n) is 13.3. The van der Waals surface area contributed by atoms with Gasteiger partial charge in [-0.3, -0.25) is 9.69 Å². The molecule has 3 N–H and O–H groups in total. The summed E-state index contributed by atoms with van der Waals surface area (Å²) in [6.07, 6.45) is 4.75. The number of hydrogen-bond donors (Lipinski definition) is 3. The van der Waals surface area contributed by atoms with Crippen molar-refractivity contribution < 1.29 is 14.6 Å². The summed E-state index contributed by atoms with van der Waals surface area (Å²) in [5, 5.41) is 19.3. The molecule has 0 radical (unpaired) electrons. The number of unbranched alkanes of at least 4 members (excludes halogenated alkanes) is 1. The van der Waals surface area contributed by atoms with Gasteiger partial charge in [0.1, 0.15) is 0 Å². The van der Waals surface area contributed by atoms with Gasteiger partial charge < -0.3 is 20.5 Å². The highest BCUT2D eigenvalue weighted by atomic mass is 32.1. The first kappa shape index (κ1) is 25.9. The van der Waals surface area contributed by atoms with Crippen molar-refractivity contribution in [2.75, 3.05) is 51.3 Å². The fourth-order valence-corrected chi connectivity index (χ4v) is 7.80. The molecule has 2 aliphatic carbocycles. The Morgan fingerprint density at radius 2 is 2.12 bits per heavy atom. The van der Waals surface area contributed by atoms with Gasteiger partial charge in [0.2, 0.25) is 5.91 Å². The summed E-state index contributed by atoms with van der Waals surface area (Å²) in [6, 6.07) is 0. The number of thiazole rings is 1. The molecule has 8 heteroatoms. The summed E-state index contributed by atoms with van der Waals surface area (Å²) in [4.78, 5) is 21.7. The minimum Gasteiger partial charge on any atom is -0.392 e. The number of carbonyl (C=O) groups excluding carboxylic acids is 1. The van der Waals surface area contributed by atoms with Crippen LogP contribution < -0.4 is 10.6 Å². The standard InChI is InChI=1S/C26H44N4O3S/c1-5-6-9-28-25-29-22-18(3)21-23(31)19(7-8-26(21,4)16-20(22)34-25)17(2)24(32)27-10-11-30-12-14-33-15-13-30/h17-19,21,23,31H,5-16H2,1-4H3,(H,27,32)(H,28,29). The van der Waals surface area contributed by atoms with E-state index in [1.54, 1.807) is 11.3 Å². The number of nitrogens with one attached hydrogen (secondary N) is 2. The second-order valence-electron chi connectivity index (χ2n) is 11.0. The molecule has 0 spiro atoms. The van der Waals surface area contributed by atoms with Crippen molar-refractivity contribution in [1.82, 2.24) is 15.2 Å². The molecule has 1 amide bonds. The molecule has 1 saturated carbocycles. The Bertz CT molecular complexity index is 827. The maximum Gasteiger partial charge on any atom is 0.223 e. The number of carbonyl (C=O) groups is 1. The van der Waals surface area contributed by atoms with Gasteiger partial charge in [0, 0.05) is 49.4 Å². The van der Waals surface area contributed by atoms with Crippen LogP contribution in [0, 0.1) is 23.2 Å². The van der Waals surface area contributed by atoms with Crippen LogP contribution in [0.4, 0.5) is 5.13 Å². The number of aromatic nitrogens is 1. The van der Waals surface area contributed by atoms with Gasteiger partial charge in [-0.15, -0.1) is 11.3 Å². The fraction of sp³-hybridized carbons (Fsp3) is 0.846. The third-order valence-electron chi connectivity index (χ3n) is 8.62. The molecule has 3 aliphatic rings. The molecule has 1 aromatic heterocycles. The van der Waals surface area contributed by atoms with Crippen LogP contribution in [0.3, 0.4) is 0 Å². The van der Waals surface area contributed by atoms with Gasteiger partial charge in [0.05, 0.1) is 25.0 Å². The lowest BCUT2D eigenvalue weighted by atomic mass is 9.53. The van der Waals surface area contributed by atoms with E-state index in [2.05, 4.69) is 36.3 Å². The van der Waals surface area contributed by atoms with E-state index >= 15 is 0 Å². The molecular weight excluding hydrogens is 448 g/mol. The van der Waals surface area contributed by atoms with Gasteiger partial charge >= 0.3 is 0 Å². The Labute approximate surface area is 209 Å². The number of rotatable bonds is 9. The highest BCUT2D eigenvalue weighted by Gasteiger charge is 2.53. The van der Waals surface area contributed by atoms with E-state index in [1.165, 1.54) is 11.3 Å². The van der Waals surface area contributed by atoms with Crippen LogP contribution in [-0.2, 0) is 16.0 Å². The van der Waals surface area contributed by atoms with E-state index < -0.39 is 6.10 Å². The lowest BCUT2D eigenvalue weighted by molar-refractivity contribution is -0.134. The molecule has 0 aromatic carbocycles. The highest BCUT2D eigenvalue weighted by molar-refractivity contribution is 7.15. The van der Waals surface area contributed by atoms with Crippen molar-refractivity contribution in [1.29, 1.82) is 0 Å². The minimum absolute atomic E-state index is 0.00810. The zero-order chi connectivity index (χ0) is 24.3. The lowest BCUT2D eigenvalue weighted by Gasteiger charge is -2.53. The Balaban J connectivity index is 1.38. The fourth-order valence-electron chi connectivity index (χ4n) is 6.51. The molecular formula is C26H44N4O3S. The summed E-state index contributed by atoms with van der Waals surface area (Å²) in [5.41, 5.74) is 1.22. The smallest absolute Gasteiger partial charge is 0.223 e. The quantitative estimate of drug-likeness (QED) is 0.458. The third kappa shape index (κ3) is 5.45. The Hall–Kier alpha value is -1.22. The van der Waals surface area contributed by atoms with Gasteiger partial charge in [-0.1, -0.05) is 34.1 Å². The second-order valence-corrected chi connectivity index (χ2v) is 12.1. The summed E-state index contributed by atoms with van der Waals surface area (Å²) in [6.45, 7) is 14.6. The SMILES string of the molecule is CCCCNc1nc2c(s1)CC1(C)CCC(C(C)C(=O)NCCN3CCOCC3)C(O)C1C2C. The first-order chi connectivity index (χ1) is 16.3. The normalized spacial score (nSPS) is 32.5. The van der Waals surface area contributed by atoms with Gasteiger partial charge in [0.15, 0.2) is 5.13 Å². The van der Waals surface area contributed by atoms with Crippen molar-refractivity contribution in [2.24, 2.45) is 23.2 Å². The Morgan fingerprint density at radius 1 is 1.35 bits per heavy atom. The van der Waals surface area contributed by atoms with Crippen molar-refractivity contribution in [3.8, 4) is 0 Å². The molecule has 1 saturated heterocycles. The van der Waals surface area contributed by atoms with E-state index in [-0.39, 0.29) is 35.0 Å². The number of morpholine rings is 1. The van der Waals surface area contributed by atoms with Gasteiger partial charge in [-0.05, 0) is 42.9 Å². The average Bonchev–Trinajstić information content (AvgIpc) is 3.22. The van der Waals surface area contributed by atoms with E-state index in [4.69, 9.17) is 9.72 Å². The molecule has 7 nitrogen and oxygen atoms in total. The minimum atomic E-state index is -0.486. The van der Waals surface area contributed by atoms with Crippen molar-refractivity contribution in [3.05, 3.63) is 10.6 Å². The van der Waals surface area contributed by atoms with Crippen LogP contribution in [0.5, 0.6) is 0 Å². The van der Waals surface area contributed by atoms with E-state index in [0.717, 1.165) is 75.9 Å². The van der Waals surface area contributed by atoms with E-state index in [9.17, 15) is 9.90 Å².